The smallest absolute Gasteiger partial charge is 0.469 e. The first kappa shape index (κ1) is 84.8. The fourth-order valence-electron chi connectivity index (χ4n) is 10.4. The summed E-state index contributed by atoms with van der Waals surface area (Å²) in [5, 5.41) is 47.1. The third-order valence-electron chi connectivity index (χ3n) is 15.8. The molecule has 1 heterocycles. The van der Waals surface area contributed by atoms with Crippen molar-refractivity contribution in [3.05, 3.63) is 101 Å². The molecular weight excluding hydrogens is 1370 g/mol. The Bertz CT molecular complexity index is 3560. The summed E-state index contributed by atoms with van der Waals surface area (Å²) in [4.78, 5) is 214. The monoisotopic (exact) mass is 1460 g/mol. The normalized spacial score (nSPS) is 15.6. The molecule has 564 valence electrons. The first-order valence-electron chi connectivity index (χ1n) is 32.8. The molecule has 1 aliphatic rings. The average Bonchev–Trinajstić information content (AvgIpc) is 1.76. The van der Waals surface area contributed by atoms with Crippen LogP contribution >= 0.6 is 7.82 Å². The highest BCUT2D eigenvalue weighted by Crippen LogP contribution is 2.35. The topological polar surface area (TPSA) is 598 Å². The van der Waals surface area contributed by atoms with Crippen LogP contribution in [0, 0.1) is 12.8 Å². The van der Waals surface area contributed by atoms with Gasteiger partial charge in [-0.15, -0.1) is 0 Å². The summed E-state index contributed by atoms with van der Waals surface area (Å²) in [5.74, 6) is -14.3. The molecule has 23 N–H and O–H groups in total. The molecule has 4 rings (SSSR count). The van der Waals surface area contributed by atoms with Crippen molar-refractivity contribution in [1.82, 2.24) is 63.4 Å². The third kappa shape index (κ3) is 30.2. The van der Waals surface area contributed by atoms with Crippen molar-refractivity contribution in [3.8, 4) is 5.75 Å². The number of phenols is 1. The van der Waals surface area contributed by atoms with Crippen LogP contribution in [-0.4, -0.2) is 213 Å². The number of aliphatic hydroxyl groups excluding tert-OH is 1. The maximum Gasteiger partial charge on any atom is 0.469 e. The quantitative estimate of drug-likeness (QED) is 0.0109. The molecule has 0 spiro atoms. The molecule has 0 aliphatic carbocycles. The summed E-state index contributed by atoms with van der Waals surface area (Å²) in [6.07, 6.45) is -1.35. The lowest BCUT2D eigenvalue weighted by Crippen LogP contribution is -2.61. The Hall–Kier alpha value is -10.6. The third-order valence-corrected chi connectivity index (χ3v) is 16.3. The summed E-state index contributed by atoms with van der Waals surface area (Å²) >= 11 is 0. The van der Waals surface area contributed by atoms with Crippen LogP contribution in [-0.2, 0) is 95.5 Å². The van der Waals surface area contributed by atoms with Crippen molar-refractivity contribution in [2.75, 3.05) is 32.8 Å². The number of aromatic hydroxyl groups is 1. The number of primary amides is 2. The number of nitrogens with zero attached hydrogens (tertiary/aromatic N) is 2. The van der Waals surface area contributed by atoms with Crippen molar-refractivity contribution < 1.29 is 96.2 Å². The van der Waals surface area contributed by atoms with E-state index in [-0.39, 0.29) is 75.7 Å². The zero-order valence-corrected chi connectivity index (χ0v) is 58.7. The minimum atomic E-state index is -5.47. The van der Waals surface area contributed by atoms with E-state index in [1.807, 2.05) is 20.8 Å². The summed E-state index contributed by atoms with van der Waals surface area (Å²) in [6.45, 7) is 5.80. The van der Waals surface area contributed by atoms with E-state index in [2.05, 4.69) is 68.0 Å². The number of guanidine groups is 1. The summed E-state index contributed by atoms with van der Waals surface area (Å²) in [5.41, 5.74) is 24.2. The number of phosphoric ester groups is 1. The van der Waals surface area contributed by atoms with Gasteiger partial charge in [0.15, 0.2) is 5.96 Å². The second-order valence-corrected chi connectivity index (χ2v) is 26.2. The van der Waals surface area contributed by atoms with Crippen molar-refractivity contribution in [2.24, 2.45) is 33.8 Å². The predicted molar refractivity (Wildman–Crippen MR) is 368 cm³/mol. The number of aliphatic imine (C=N–C) groups is 1. The van der Waals surface area contributed by atoms with Gasteiger partial charge in [0.1, 0.15) is 72.2 Å². The number of carbonyl (C=O) groups excluding carboxylic acids is 14. The molecule has 1 aliphatic heterocycles. The van der Waals surface area contributed by atoms with Crippen LogP contribution in [0.5, 0.6) is 5.75 Å². The highest BCUT2D eigenvalue weighted by molar-refractivity contribution is 7.46. The lowest BCUT2D eigenvalue weighted by atomic mass is 10.0. The first-order valence-corrected chi connectivity index (χ1v) is 34.4. The van der Waals surface area contributed by atoms with Gasteiger partial charge in [0, 0.05) is 39.3 Å². The molecule has 103 heavy (non-hydrogen) atoms. The van der Waals surface area contributed by atoms with Crippen molar-refractivity contribution in [2.45, 2.75) is 166 Å². The predicted octanol–water partition coefficient (Wildman–Crippen LogP) is -5.69. The molecule has 11 unspecified atom stereocenters. The molecule has 11 atom stereocenters. The Labute approximate surface area is 593 Å². The minimum Gasteiger partial charge on any atom is -0.508 e. The molecule has 14 amide bonds. The summed E-state index contributed by atoms with van der Waals surface area (Å²) in [7, 11) is -5.47. The van der Waals surface area contributed by atoms with Crippen LogP contribution in [0.2, 0.25) is 0 Å². The van der Waals surface area contributed by atoms with E-state index in [4.69, 9.17) is 22.9 Å². The molecule has 0 radical (unpaired) electrons. The average molecular weight is 1460 g/mol. The van der Waals surface area contributed by atoms with E-state index in [9.17, 15) is 91.7 Å². The Morgan fingerprint density at radius 1 is 0.583 bits per heavy atom. The Balaban J connectivity index is 1.54. The minimum absolute atomic E-state index is 0.0163. The number of carbonyl (C=O) groups is 14. The van der Waals surface area contributed by atoms with Crippen molar-refractivity contribution in [1.29, 1.82) is 0 Å². The van der Waals surface area contributed by atoms with Gasteiger partial charge >= 0.3 is 7.82 Å². The maximum absolute atomic E-state index is 14.5. The Kier molecular flexibility index (Phi) is 34.0. The molecule has 0 saturated carbocycles. The zero-order chi connectivity index (χ0) is 76.8. The van der Waals surface area contributed by atoms with Crippen LogP contribution in [0.25, 0.3) is 0 Å². The molecule has 38 heteroatoms. The van der Waals surface area contributed by atoms with E-state index in [1.54, 1.807) is 42.5 Å². The number of phosphoric acid groups is 1. The number of rotatable bonds is 41. The first-order chi connectivity index (χ1) is 48.4. The fourth-order valence-corrected chi connectivity index (χ4v) is 10.8. The van der Waals surface area contributed by atoms with E-state index in [1.165, 1.54) is 50.2 Å². The molecular formula is C65H94N17O20P. The SMILES string of the molecule is CC(=O)NC(CC(C)C)C(=O)NC(Cc1ccc(O)cc1)C(=O)NC(CCCN=C(N)N)C(=O)NC(C)C(=O)NC(CC(N)=O)C(=O)NC(Cc1ccccc1)C(=O)NC(COP(=O)(O)O)C(=O)NC(CO)C(=O)N1CCCC1C(=O)NCC(=O)NC(Cc1ccc(C)cc1)C(=O)NC(C)C(N)=O. The number of aliphatic hydroxyl groups is 1. The number of hydrogen-bond acceptors (Lipinski definition) is 19. The van der Waals surface area contributed by atoms with E-state index < -0.39 is 190 Å². The van der Waals surface area contributed by atoms with Gasteiger partial charge in [-0.1, -0.05) is 86.1 Å². The molecule has 0 aromatic heterocycles. The van der Waals surface area contributed by atoms with Gasteiger partial charge in [0.2, 0.25) is 82.7 Å². The van der Waals surface area contributed by atoms with E-state index >= 15 is 0 Å². The molecule has 1 saturated heterocycles. The van der Waals surface area contributed by atoms with Crippen molar-refractivity contribution in [3.63, 3.8) is 0 Å². The Morgan fingerprint density at radius 2 is 1.06 bits per heavy atom. The summed E-state index contributed by atoms with van der Waals surface area (Å²) < 4.78 is 16.7. The highest BCUT2D eigenvalue weighted by atomic mass is 31.2. The Morgan fingerprint density at radius 3 is 1.59 bits per heavy atom. The second kappa shape index (κ2) is 41.3. The molecule has 37 nitrogen and oxygen atoms in total. The maximum atomic E-state index is 14.5. The van der Waals surface area contributed by atoms with Crippen LogP contribution in [0.3, 0.4) is 0 Å². The van der Waals surface area contributed by atoms with Gasteiger partial charge in [-0.3, -0.25) is 76.6 Å². The van der Waals surface area contributed by atoms with Crippen LogP contribution in [0.1, 0.15) is 95.4 Å². The molecule has 3 aromatic carbocycles. The van der Waals surface area contributed by atoms with Gasteiger partial charge < -0.3 is 106 Å². The van der Waals surface area contributed by atoms with Crippen LogP contribution < -0.4 is 81.4 Å². The van der Waals surface area contributed by atoms with Gasteiger partial charge in [-0.05, 0) is 87.6 Å². The van der Waals surface area contributed by atoms with Crippen LogP contribution in [0.4, 0.5) is 0 Å². The van der Waals surface area contributed by atoms with Crippen molar-refractivity contribution >= 4 is 96.5 Å². The number of likely N-dealkylation sites (tertiary alicyclic amines) is 1. The lowest BCUT2D eigenvalue weighted by molar-refractivity contribution is -0.143. The second-order valence-electron chi connectivity index (χ2n) is 25.0. The number of amides is 14. The molecule has 1 fully saturated rings. The standard InChI is InChI=1S/C65H94N17O20P/c1-34(2)26-44(74-38(6)84)58(92)78-47(29-41-20-22-42(85)23-21-41)59(93)76-43(14-10-24-70-65(68)69)56(90)73-37(5)55(89)77-48(30-52(66)86)61(95)79-46(27-39-12-8-7-9-13-39)60(94)81-50(33-102-103(99,100)101)62(96)80-49(32-83)64(98)82-25-11-15-51(82)63(97)71-31-53(87)75-45(57(91)72-36(4)54(67)88)28-40-18-16-35(3)17-19-40/h7-9,12-13,16-23,34,36-37,43-51,83,85H,10-11,14-15,24-33H2,1-6H3,(H2,66,86)(H2,67,88)(H,71,97)(H,72,91)(H,73,90)(H,74,84)(H,75,87)(H,76,93)(H,77,89)(H,78,92)(H,79,95)(H,80,96)(H,81,94)(H4,68,69,70)(H2,99,100,101). The summed E-state index contributed by atoms with van der Waals surface area (Å²) in [6, 6.07) is 3.29. The van der Waals surface area contributed by atoms with E-state index in [0.717, 1.165) is 17.4 Å². The van der Waals surface area contributed by atoms with Gasteiger partial charge in [-0.2, -0.15) is 0 Å². The van der Waals surface area contributed by atoms with Gasteiger partial charge in [0.05, 0.1) is 26.2 Å². The molecule has 0 bridgehead atoms. The number of hydrogen-bond donors (Lipinski definition) is 19. The number of phenolic OH excluding ortho intramolecular Hbond substituents is 1. The highest BCUT2D eigenvalue weighted by Gasteiger charge is 2.40. The largest absolute Gasteiger partial charge is 0.508 e. The fraction of sp³-hybridized carbons (Fsp3) is 0.492. The van der Waals surface area contributed by atoms with E-state index in [0.29, 0.717) is 16.7 Å². The number of aryl methyl sites for hydroxylation is 1. The lowest BCUT2D eigenvalue weighted by Gasteiger charge is -2.29. The van der Waals surface area contributed by atoms with Gasteiger partial charge in [0.25, 0.3) is 0 Å². The number of nitrogens with one attached hydrogen (secondary N) is 11. The van der Waals surface area contributed by atoms with Gasteiger partial charge in [-0.25, -0.2) is 4.57 Å². The van der Waals surface area contributed by atoms with Crippen LogP contribution in [0.15, 0.2) is 83.9 Å². The number of nitrogens with two attached hydrogens (primary N) is 4. The number of benzene rings is 3. The zero-order valence-electron chi connectivity index (χ0n) is 57.8. The molecule has 3 aromatic rings.